The SMILES string of the molecule is NC1(COC(=O)Nc2ccccc2F)CCCC1. The Morgan fingerprint density at radius 1 is 1.39 bits per heavy atom. The second kappa shape index (κ2) is 5.35. The number of para-hydroxylation sites is 1. The highest BCUT2D eigenvalue weighted by Gasteiger charge is 2.30. The zero-order valence-corrected chi connectivity index (χ0v) is 10.1. The Hall–Kier alpha value is -1.62. The van der Waals surface area contributed by atoms with Gasteiger partial charge in [-0.15, -0.1) is 0 Å². The summed E-state index contributed by atoms with van der Waals surface area (Å²) in [6, 6.07) is 5.95. The van der Waals surface area contributed by atoms with E-state index in [9.17, 15) is 9.18 Å². The molecule has 0 spiro atoms. The third-order valence-corrected chi connectivity index (χ3v) is 3.20. The molecule has 1 amide bonds. The molecule has 0 aliphatic heterocycles. The van der Waals surface area contributed by atoms with Crippen LogP contribution in [-0.2, 0) is 4.74 Å². The number of halogens is 1. The van der Waals surface area contributed by atoms with Crippen LogP contribution in [0, 0.1) is 5.82 Å². The molecule has 0 bridgehead atoms. The van der Waals surface area contributed by atoms with Gasteiger partial charge in [-0.3, -0.25) is 5.32 Å². The van der Waals surface area contributed by atoms with E-state index >= 15 is 0 Å². The zero-order valence-electron chi connectivity index (χ0n) is 10.1. The van der Waals surface area contributed by atoms with E-state index in [1.807, 2.05) is 0 Å². The molecule has 1 aliphatic carbocycles. The first-order chi connectivity index (χ1) is 8.59. The molecule has 4 nitrogen and oxygen atoms in total. The fourth-order valence-corrected chi connectivity index (χ4v) is 2.14. The van der Waals surface area contributed by atoms with Gasteiger partial charge in [0.1, 0.15) is 12.4 Å². The second-order valence-corrected chi connectivity index (χ2v) is 4.75. The van der Waals surface area contributed by atoms with E-state index in [0.717, 1.165) is 25.7 Å². The number of carbonyl (C=O) groups excluding carboxylic acids is 1. The molecule has 3 N–H and O–H groups in total. The summed E-state index contributed by atoms with van der Waals surface area (Å²) in [4.78, 5) is 11.5. The Labute approximate surface area is 105 Å². The largest absolute Gasteiger partial charge is 0.447 e. The first kappa shape index (κ1) is 12.8. The minimum absolute atomic E-state index is 0.111. The molecule has 0 radical (unpaired) electrons. The van der Waals surface area contributed by atoms with Gasteiger partial charge in [0, 0.05) is 0 Å². The highest BCUT2D eigenvalue weighted by atomic mass is 19.1. The van der Waals surface area contributed by atoms with Crippen molar-refractivity contribution in [3.05, 3.63) is 30.1 Å². The van der Waals surface area contributed by atoms with Crippen molar-refractivity contribution < 1.29 is 13.9 Å². The van der Waals surface area contributed by atoms with Gasteiger partial charge in [0.2, 0.25) is 0 Å². The molecule has 0 atom stereocenters. The van der Waals surface area contributed by atoms with E-state index in [-0.39, 0.29) is 12.3 Å². The number of amides is 1. The first-order valence-corrected chi connectivity index (χ1v) is 6.06. The third kappa shape index (κ3) is 3.20. The van der Waals surface area contributed by atoms with Crippen LogP contribution in [0.25, 0.3) is 0 Å². The van der Waals surface area contributed by atoms with E-state index in [0.29, 0.717) is 0 Å². The van der Waals surface area contributed by atoms with Crippen LogP contribution in [0.2, 0.25) is 0 Å². The fourth-order valence-electron chi connectivity index (χ4n) is 2.14. The Kier molecular flexibility index (Phi) is 3.81. The van der Waals surface area contributed by atoms with E-state index < -0.39 is 17.4 Å². The standard InChI is InChI=1S/C13H17FN2O2/c14-10-5-1-2-6-11(10)16-12(17)18-9-13(15)7-3-4-8-13/h1-2,5-6H,3-4,7-9,15H2,(H,16,17). The van der Waals surface area contributed by atoms with Gasteiger partial charge in [0.15, 0.2) is 0 Å². The van der Waals surface area contributed by atoms with E-state index in [1.54, 1.807) is 12.1 Å². The number of hydrogen-bond acceptors (Lipinski definition) is 3. The summed E-state index contributed by atoms with van der Waals surface area (Å²) in [6.07, 6.45) is 3.18. The number of carbonyl (C=O) groups is 1. The molecule has 1 fully saturated rings. The van der Waals surface area contributed by atoms with Crippen LogP contribution in [0.5, 0.6) is 0 Å². The molecular weight excluding hydrogens is 235 g/mol. The van der Waals surface area contributed by atoms with E-state index in [4.69, 9.17) is 10.5 Å². The molecule has 1 aromatic carbocycles. The zero-order chi connectivity index (χ0) is 13.0. The molecule has 1 aliphatic rings. The molecule has 0 unspecified atom stereocenters. The van der Waals surface area contributed by atoms with Crippen LogP contribution in [0.15, 0.2) is 24.3 Å². The van der Waals surface area contributed by atoms with Crippen LogP contribution in [0.1, 0.15) is 25.7 Å². The highest BCUT2D eigenvalue weighted by molar-refractivity contribution is 5.84. The number of benzene rings is 1. The van der Waals surface area contributed by atoms with Gasteiger partial charge in [-0.25, -0.2) is 9.18 Å². The topological polar surface area (TPSA) is 64.3 Å². The average molecular weight is 252 g/mol. The number of anilines is 1. The molecule has 98 valence electrons. The molecule has 18 heavy (non-hydrogen) atoms. The highest BCUT2D eigenvalue weighted by Crippen LogP contribution is 2.27. The number of ether oxygens (including phenoxy) is 1. The lowest BCUT2D eigenvalue weighted by Gasteiger charge is -2.22. The number of rotatable bonds is 3. The smallest absolute Gasteiger partial charge is 0.411 e. The van der Waals surface area contributed by atoms with E-state index in [1.165, 1.54) is 12.1 Å². The Bertz CT molecular complexity index is 431. The Morgan fingerprint density at radius 3 is 2.72 bits per heavy atom. The number of hydrogen-bond donors (Lipinski definition) is 2. The van der Waals surface area contributed by atoms with Gasteiger partial charge in [0.25, 0.3) is 0 Å². The normalized spacial score (nSPS) is 17.4. The predicted octanol–water partition coefficient (Wildman–Crippen LogP) is 2.65. The minimum Gasteiger partial charge on any atom is -0.447 e. The van der Waals surface area contributed by atoms with Crippen LogP contribution >= 0.6 is 0 Å². The molecule has 0 saturated heterocycles. The summed E-state index contributed by atoms with van der Waals surface area (Å²) in [5.74, 6) is -0.488. The van der Waals surface area contributed by atoms with Crippen LogP contribution in [0.3, 0.4) is 0 Å². The van der Waals surface area contributed by atoms with Crippen molar-refractivity contribution in [1.29, 1.82) is 0 Å². The second-order valence-electron chi connectivity index (χ2n) is 4.75. The van der Waals surface area contributed by atoms with Crippen molar-refractivity contribution in [2.24, 2.45) is 5.73 Å². The van der Waals surface area contributed by atoms with Crippen molar-refractivity contribution in [3.63, 3.8) is 0 Å². The molecule has 1 saturated carbocycles. The van der Waals surface area contributed by atoms with Crippen molar-refractivity contribution in [2.45, 2.75) is 31.2 Å². The van der Waals surface area contributed by atoms with Gasteiger partial charge < -0.3 is 10.5 Å². The lowest BCUT2D eigenvalue weighted by atomic mass is 10.0. The molecular formula is C13H17FN2O2. The molecule has 0 heterocycles. The fraction of sp³-hybridized carbons (Fsp3) is 0.462. The number of nitrogens with one attached hydrogen (secondary N) is 1. The molecule has 1 aromatic rings. The first-order valence-electron chi connectivity index (χ1n) is 6.06. The van der Waals surface area contributed by atoms with Gasteiger partial charge in [0.05, 0.1) is 11.2 Å². The summed E-state index contributed by atoms with van der Waals surface area (Å²) >= 11 is 0. The summed E-state index contributed by atoms with van der Waals surface area (Å²) in [5.41, 5.74) is 5.75. The maximum Gasteiger partial charge on any atom is 0.411 e. The summed E-state index contributed by atoms with van der Waals surface area (Å²) in [5, 5.41) is 2.36. The molecule has 0 aromatic heterocycles. The summed E-state index contributed by atoms with van der Waals surface area (Å²) in [6.45, 7) is 0.174. The summed E-state index contributed by atoms with van der Waals surface area (Å²) in [7, 11) is 0. The lowest BCUT2D eigenvalue weighted by Crippen LogP contribution is -2.42. The number of nitrogens with two attached hydrogens (primary N) is 1. The van der Waals surface area contributed by atoms with Gasteiger partial charge in [-0.1, -0.05) is 25.0 Å². The van der Waals surface area contributed by atoms with Crippen LogP contribution < -0.4 is 11.1 Å². The Morgan fingerprint density at radius 2 is 2.06 bits per heavy atom. The van der Waals surface area contributed by atoms with Crippen molar-refractivity contribution in [3.8, 4) is 0 Å². The Balaban J connectivity index is 1.84. The van der Waals surface area contributed by atoms with E-state index in [2.05, 4.69) is 5.32 Å². The van der Waals surface area contributed by atoms with Gasteiger partial charge in [-0.05, 0) is 25.0 Å². The lowest BCUT2D eigenvalue weighted by molar-refractivity contribution is 0.130. The van der Waals surface area contributed by atoms with Gasteiger partial charge in [-0.2, -0.15) is 0 Å². The van der Waals surface area contributed by atoms with Crippen molar-refractivity contribution >= 4 is 11.8 Å². The third-order valence-electron chi connectivity index (χ3n) is 3.20. The predicted molar refractivity (Wildman–Crippen MR) is 66.8 cm³/mol. The monoisotopic (exact) mass is 252 g/mol. The average Bonchev–Trinajstić information content (AvgIpc) is 2.77. The van der Waals surface area contributed by atoms with Crippen LogP contribution in [0.4, 0.5) is 14.9 Å². The molecule has 5 heteroatoms. The molecule has 2 rings (SSSR count). The van der Waals surface area contributed by atoms with Crippen molar-refractivity contribution in [1.82, 2.24) is 0 Å². The van der Waals surface area contributed by atoms with Crippen molar-refractivity contribution in [2.75, 3.05) is 11.9 Å². The maximum absolute atomic E-state index is 13.3. The minimum atomic E-state index is -0.670. The van der Waals surface area contributed by atoms with Gasteiger partial charge >= 0.3 is 6.09 Å². The quantitative estimate of drug-likeness (QED) is 0.869. The summed E-state index contributed by atoms with van der Waals surface area (Å²) < 4.78 is 18.3. The maximum atomic E-state index is 13.3. The van der Waals surface area contributed by atoms with Crippen LogP contribution in [-0.4, -0.2) is 18.2 Å².